The second-order valence-electron chi connectivity index (χ2n) is 11.1. The smallest absolute Gasteiger partial charge is 0.0496 e. The molecule has 1 unspecified atom stereocenters. The van der Waals surface area contributed by atoms with Crippen LogP contribution in [0.3, 0.4) is 0 Å². The second kappa shape index (κ2) is 7.88. The van der Waals surface area contributed by atoms with Crippen molar-refractivity contribution in [3.63, 3.8) is 0 Å². The predicted octanol–water partition coefficient (Wildman–Crippen LogP) is 7.40. The lowest BCUT2D eigenvalue weighted by atomic mass is 9.53. The molecule has 0 heterocycles. The van der Waals surface area contributed by atoms with Gasteiger partial charge in [-0.15, -0.1) is 0 Å². The molecule has 0 aromatic heterocycles. The number of aliphatic hydroxyl groups excluding tert-OH is 1. The predicted molar refractivity (Wildman–Crippen MR) is 124 cm³/mol. The third-order valence-electron chi connectivity index (χ3n) is 9.60. The quantitative estimate of drug-likeness (QED) is 0.380. The first-order valence-electron chi connectivity index (χ1n) is 12.2. The van der Waals surface area contributed by atoms with E-state index >= 15 is 0 Å². The number of rotatable bonds is 5. The summed E-state index contributed by atoms with van der Waals surface area (Å²) in [5.41, 5.74) is 7.39. The first-order chi connectivity index (χ1) is 13.8. The van der Waals surface area contributed by atoms with Gasteiger partial charge in [-0.25, -0.2) is 0 Å². The SMILES string of the molecule is C=C(C=C[C@@H](C)[C@H]1CC[C@H]2C3=C(CC[C@]12C)[C@@]1(C)CCCCC1=CC3)C(C)CO. The van der Waals surface area contributed by atoms with Crippen molar-refractivity contribution in [2.24, 2.45) is 34.5 Å². The number of hydrogen-bond donors (Lipinski definition) is 1. The molecule has 0 spiro atoms. The van der Waals surface area contributed by atoms with Gasteiger partial charge in [0, 0.05) is 17.9 Å². The largest absolute Gasteiger partial charge is 0.396 e. The zero-order valence-electron chi connectivity index (χ0n) is 19.3. The number of fused-ring (bicyclic) bond motifs is 4. The van der Waals surface area contributed by atoms with E-state index in [9.17, 15) is 5.11 Å². The number of allylic oxidation sites excluding steroid dienone is 6. The minimum atomic E-state index is 0.159. The molecule has 0 aliphatic heterocycles. The lowest BCUT2D eigenvalue weighted by Crippen LogP contribution is -2.40. The Kier molecular flexibility index (Phi) is 5.75. The Labute approximate surface area is 179 Å². The van der Waals surface area contributed by atoms with E-state index < -0.39 is 0 Å². The molecule has 160 valence electrons. The van der Waals surface area contributed by atoms with Crippen LogP contribution in [0.1, 0.15) is 85.5 Å². The average Bonchev–Trinajstić information content (AvgIpc) is 3.08. The highest BCUT2D eigenvalue weighted by atomic mass is 16.3. The molecule has 0 amide bonds. The van der Waals surface area contributed by atoms with Gasteiger partial charge in [-0.1, -0.05) is 81.2 Å². The van der Waals surface area contributed by atoms with Crippen molar-refractivity contribution in [1.82, 2.24) is 0 Å². The van der Waals surface area contributed by atoms with Crippen LogP contribution >= 0.6 is 0 Å². The van der Waals surface area contributed by atoms with Gasteiger partial charge in [0.25, 0.3) is 0 Å². The van der Waals surface area contributed by atoms with Gasteiger partial charge in [-0.3, -0.25) is 0 Å². The maximum atomic E-state index is 9.39. The summed E-state index contributed by atoms with van der Waals surface area (Å²) in [5.74, 6) is 2.30. The highest BCUT2D eigenvalue weighted by Crippen LogP contribution is 2.64. The Bertz CT molecular complexity index is 752. The van der Waals surface area contributed by atoms with E-state index in [1.54, 1.807) is 5.57 Å². The van der Waals surface area contributed by atoms with E-state index in [2.05, 4.69) is 52.5 Å². The van der Waals surface area contributed by atoms with Crippen molar-refractivity contribution >= 4 is 0 Å². The summed E-state index contributed by atoms with van der Waals surface area (Å²) in [7, 11) is 0. The second-order valence-corrected chi connectivity index (χ2v) is 11.1. The van der Waals surface area contributed by atoms with E-state index in [4.69, 9.17) is 0 Å². The van der Waals surface area contributed by atoms with Crippen LogP contribution in [0.4, 0.5) is 0 Å². The Morgan fingerprint density at radius 1 is 1.21 bits per heavy atom. The van der Waals surface area contributed by atoms with Gasteiger partial charge in [-0.2, -0.15) is 0 Å². The van der Waals surface area contributed by atoms with Crippen molar-refractivity contribution in [3.8, 4) is 0 Å². The molecule has 4 aliphatic rings. The van der Waals surface area contributed by atoms with Gasteiger partial charge in [0.05, 0.1) is 0 Å². The van der Waals surface area contributed by atoms with Crippen LogP contribution in [0.25, 0.3) is 0 Å². The number of aliphatic hydroxyl groups is 1. The molecule has 0 bridgehead atoms. The van der Waals surface area contributed by atoms with Gasteiger partial charge in [-0.05, 0) is 74.5 Å². The maximum Gasteiger partial charge on any atom is 0.0496 e. The topological polar surface area (TPSA) is 20.2 Å². The maximum absolute atomic E-state index is 9.39. The van der Waals surface area contributed by atoms with Crippen molar-refractivity contribution in [2.75, 3.05) is 6.61 Å². The molecule has 1 heteroatoms. The molecule has 0 aromatic carbocycles. The molecule has 0 aromatic rings. The average molecular weight is 395 g/mol. The van der Waals surface area contributed by atoms with Crippen LogP contribution in [0.5, 0.6) is 0 Å². The standard InChI is InChI=1S/C28H42O/c1-19(21(3)18-29)9-10-20(2)24-13-14-25-23-12-11-22-8-6-7-16-27(22,4)26(23)15-17-28(24,25)5/h9-11,20-21,24-25,29H,1,6-8,12-18H2,2-5H3/t20-,21?,24-,25+,27+,28-/m1/s1. The summed E-state index contributed by atoms with van der Waals surface area (Å²) < 4.78 is 0. The molecular weight excluding hydrogens is 352 g/mol. The monoisotopic (exact) mass is 394 g/mol. The molecular formula is C28H42O. The first kappa shape index (κ1) is 21.2. The van der Waals surface area contributed by atoms with Crippen LogP contribution in [0.2, 0.25) is 0 Å². The van der Waals surface area contributed by atoms with Gasteiger partial charge < -0.3 is 5.11 Å². The van der Waals surface area contributed by atoms with E-state index in [0.29, 0.717) is 16.7 Å². The number of hydrogen-bond acceptors (Lipinski definition) is 1. The molecule has 0 saturated heterocycles. The Morgan fingerprint density at radius 3 is 2.76 bits per heavy atom. The molecule has 0 radical (unpaired) electrons. The minimum Gasteiger partial charge on any atom is -0.396 e. The third kappa shape index (κ3) is 3.42. The lowest BCUT2D eigenvalue weighted by molar-refractivity contribution is 0.114. The molecule has 4 rings (SSSR count). The van der Waals surface area contributed by atoms with Crippen LogP contribution in [-0.2, 0) is 0 Å². The van der Waals surface area contributed by atoms with Crippen LogP contribution in [-0.4, -0.2) is 11.7 Å². The molecule has 2 fully saturated rings. The van der Waals surface area contributed by atoms with Crippen LogP contribution < -0.4 is 0 Å². The molecule has 1 nitrogen and oxygen atoms in total. The van der Waals surface area contributed by atoms with Crippen molar-refractivity contribution in [1.29, 1.82) is 0 Å². The first-order valence-corrected chi connectivity index (χ1v) is 12.2. The highest BCUT2D eigenvalue weighted by molar-refractivity contribution is 5.43. The highest BCUT2D eigenvalue weighted by Gasteiger charge is 2.53. The van der Waals surface area contributed by atoms with Crippen LogP contribution in [0, 0.1) is 34.5 Å². The fourth-order valence-corrected chi connectivity index (χ4v) is 7.55. The molecule has 1 N–H and O–H groups in total. The van der Waals surface area contributed by atoms with Crippen molar-refractivity contribution < 1.29 is 5.11 Å². The van der Waals surface area contributed by atoms with E-state index in [0.717, 1.165) is 17.4 Å². The van der Waals surface area contributed by atoms with Gasteiger partial charge in [0.15, 0.2) is 0 Å². The normalized spacial score (nSPS) is 38.9. The summed E-state index contributed by atoms with van der Waals surface area (Å²) in [6.45, 7) is 14.0. The summed E-state index contributed by atoms with van der Waals surface area (Å²) in [4.78, 5) is 0. The Morgan fingerprint density at radius 2 is 2.00 bits per heavy atom. The van der Waals surface area contributed by atoms with Gasteiger partial charge in [0.2, 0.25) is 0 Å². The molecule has 29 heavy (non-hydrogen) atoms. The summed E-state index contributed by atoms with van der Waals surface area (Å²) in [5, 5.41) is 9.39. The lowest BCUT2D eigenvalue weighted by Gasteiger charge is -2.51. The van der Waals surface area contributed by atoms with Crippen molar-refractivity contribution in [2.45, 2.75) is 85.5 Å². The summed E-state index contributed by atoms with van der Waals surface area (Å²) in [6, 6.07) is 0. The summed E-state index contributed by atoms with van der Waals surface area (Å²) >= 11 is 0. The van der Waals surface area contributed by atoms with Gasteiger partial charge >= 0.3 is 0 Å². The zero-order chi connectivity index (χ0) is 20.8. The molecule has 6 atom stereocenters. The zero-order valence-corrected chi connectivity index (χ0v) is 19.3. The van der Waals surface area contributed by atoms with Crippen molar-refractivity contribution in [3.05, 3.63) is 47.1 Å². The van der Waals surface area contributed by atoms with Crippen LogP contribution in [0.15, 0.2) is 47.1 Å². The molecule has 2 saturated carbocycles. The summed E-state index contributed by atoms with van der Waals surface area (Å²) in [6.07, 6.45) is 19.4. The van der Waals surface area contributed by atoms with E-state index in [1.165, 1.54) is 57.8 Å². The minimum absolute atomic E-state index is 0.159. The van der Waals surface area contributed by atoms with Gasteiger partial charge in [0.1, 0.15) is 0 Å². The Balaban J connectivity index is 1.55. The molecule has 4 aliphatic carbocycles. The third-order valence-corrected chi connectivity index (χ3v) is 9.60. The van der Waals surface area contributed by atoms with E-state index in [-0.39, 0.29) is 12.5 Å². The van der Waals surface area contributed by atoms with E-state index in [1.807, 2.05) is 11.1 Å². The fourth-order valence-electron chi connectivity index (χ4n) is 7.55. The Hall–Kier alpha value is -1.08. The fraction of sp³-hybridized carbons (Fsp3) is 0.714.